The van der Waals surface area contributed by atoms with Gasteiger partial charge in [0, 0.05) is 12.7 Å². The van der Waals surface area contributed by atoms with Crippen molar-refractivity contribution in [1.29, 1.82) is 0 Å². The van der Waals surface area contributed by atoms with Gasteiger partial charge in [0.2, 0.25) is 5.91 Å². The molecule has 4 N–H and O–H groups in total. The molecule has 1 unspecified atom stereocenters. The number of nitrogens with two attached hydrogens (primary N) is 1. The standard InChI is InChI=1S/C9H17N3O6S/c1-5(10)8(14)12-4-11-7(13)3-6(9(15)16)19(2,17)18/h5-6H,3-4,10H2,1-2H3,(H,11,13)(H,12,14)(H,15,16)/p-1/t5-,6?/m1/s1. The van der Waals surface area contributed by atoms with E-state index in [-0.39, 0.29) is 6.67 Å². The molecule has 0 aromatic carbocycles. The first-order valence-electron chi connectivity index (χ1n) is 5.21. The minimum absolute atomic E-state index is 0.380. The highest BCUT2D eigenvalue weighted by Gasteiger charge is 2.28. The summed E-state index contributed by atoms with van der Waals surface area (Å²) in [4.78, 5) is 25.0. The van der Waals surface area contributed by atoms with Crippen molar-refractivity contribution in [1.82, 2.24) is 5.32 Å². The van der Waals surface area contributed by atoms with Crippen LogP contribution in [-0.2, 0) is 19.4 Å². The number of aliphatic imine (C=N–C) groups is 1. The van der Waals surface area contributed by atoms with Crippen molar-refractivity contribution in [3.8, 4) is 0 Å². The molecule has 0 heterocycles. The topological polar surface area (TPSA) is 162 Å². The van der Waals surface area contributed by atoms with Gasteiger partial charge in [-0.25, -0.2) is 8.42 Å². The van der Waals surface area contributed by atoms with Gasteiger partial charge in [-0.15, -0.1) is 0 Å². The van der Waals surface area contributed by atoms with E-state index in [9.17, 15) is 23.1 Å². The second-order valence-electron chi connectivity index (χ2n) is 3.90. The fraction of sp³-hybridized carbons (Fsp3) is 0.667. The summed E-state index contributed by atoms with van der Waals surface area (Å²) in [5, 5.41) is 20.3. The Hall–Kier alpha value is -1.68. The second-order valence-corrected chi connectivity index (χ2v) is 6.13. The predicted molar refractivity (Wildman–Crippen MR) is 65.0 cm³/mol. The molecule has 0 aromatic heterocycles. The normalized spacial score (nSPS) is 15.6. The molecule has 0 fully saturated rings. The van der Waals surface area contributed by atoms with Gasteiger partial charge in [-0.2, -0.15) is 0 Å². The molecular formula is C9H16N3O6S-. The minimum atomic E-state index is -3.90. The van der Waals surface area contributed by atoms with Crippen molar-refractivity contribution in [3.05, 3.63) is 0 Å². The molecule has 10 heteroatoms. The van der Waals surface area contributed by atoms with E-state index in [1.807, 2.05) is 0 Å². The van der Waals surface area contributed by atoms with Crippen LogP contribution in [0.2, 0.25) is 0 Å². The Morgan fingerprint density at radius 3 is 2.37 bits per heavy atom. The van der Waals surface area contributed by atoms with Crippen LogP contribution in [0.4, 0.5) is 0 Å². The molecule has 0 aliphatic heterocycles. The summed E-state index contributed by atoms with van der Waals surface area (Å²) in [5.41, 5.74) is 5.23. The van der Waals surface area contributed by atoms with Crippen LogP contribution in [0.1, 0.15) is 13.3 Å². The van der Waals surface area contributed by atoms with E-state index in [4.69, 9.17) is 10.8 Å². The van der Waals surface area contributed by atoms with Gasteiger partial charge in [-0.3, -0.25) is 14.6 Å². The number of rotatable bonds is 7. The minimum Gasteiger partial charge on any atom is -0.862 e. The quantitative estimate of drug-likeness (QED) is 0.334. The Balaban J connectivity index is 4.54. The summed E-state index contributed by atoms with van der Waals surface area (Å²) < 4.78 is 22.2. The van der Waals surface area contributed by atoms with Gasteiger partial charge in [-0.1, -0.05) is 0 Å². The third kappa shape index (κ3) is 6.72. The number of aliphatic carboxylic acids is 1. The third-order valence-electron chi connectivity index (χ3n) is 2.07. The summed E-state index contributed by atoms with van der Waals surface area (Å²) >= 11 is 0. The number of sulfone groups is 1. The van der Waals surface area contributed by atoms with Crippen molar-refractivity contribution in [3.63, 3.8) is 0 Å². The number of hydrogen-bond donors (Lipinski definition) is 3. The zero-order valence-electron chi connectivity index (χ0n) is 10.5. The number of carboxylic acid groups (broad SMARTS) is 1. The van der Waals surface area contributed by atoms with Crippen molar-refractivity contribution in [2.45, 2.75) is 24.6 Å². The number of hydrogen-bond acceptors (Lipinski definition) is 7. The van der Waals surface area contributed by atoms with Crippen LogP contribution in [0.25, 0.3) is 0 Å². The molecule has 0 rings (SSSR count). The maximum atomic E-state index is 11.3. The summed E-state index contributed by atoms with van der Waals surface area (Å²) in [7, 11) is -3.90. The zero-order chi connectivity index (χ0) is 15.2. The van der Waals surface area contributed by atoms with Crippen LogP contribution in [0, 0.1) is 0 Å². The fourth-order valence-electron chi connectivity index (χ4n) is 1.01. The highest BCUT2D eigenvalue weighted by molar-refractivity contribution is 7.92. The van der Waals surface area contributed by atoms with Gasteiger partial charge in [-0.05, 0) is 12.8 Å². The molecule has 9 nitrogen and oxygen atoms in total. The number of carbonyl (C=O) groups excluding carboxylic acids is 1. The molecule has 0 aliphatic carbocycles. The van der Waals surface area contributed by atoms with Crippen LogP contribution >= 0.6 is 0 Å². The van der Waals surface area contributed by atoms with E-state index in [1.165, 1.54) is 6.92 Å². The molecule has 0 aromatic rings. The molecular weight excluding hydrogens is 278 g/mol. The smallest absolute Gasteiger partial charge is 0.322 e. The summed E-state index contributed by atoms with van der Waals surface area (Å²) in [6.07, 6.45) is -0.0564. The molecule has 0 bridgehead atoms. The van der Waals surface area contributed by atoms with E-state index < -0.39 is 45.3 Å². The molecule has 2 atom stereocenters. The molecule has 0 aliphatic rings. The molecule has 110 valence electrons. The lowest BCUT2D eigenvalue weighted by Gasteiger charge is -2.16. The second kappa shape index (κ2) is 7.04. The van der Waals surface area contributed by atoms with Crippen LogP contribution in [0.15, 0.2) is 4.99 Å². The SMILES string of the molecule is C[C@@H](N)C(=O)NCN=C([O-])CC(C(=O)O)S(C)(=O)=O. The van der Waals surface area contributed by atoms with Crippen molar-refractivity contribution in [2.24, 2.45) is 10.7 Å². The van der Waals surface area contributed by atoms with Crippen LogP contribution < -0.4 is 16.2 Å². The summed E-state index contributed by atoms with van der Waals surface area (Å²) in [6.45, 7) is 1.05. The van der Waals surface area contributed by atoms with Gasteiger partial charge in [0.15, 0.2) is 15.1 Å². The first kappa shape index (κ1) is 17.3. The average molecular weight is 294 g/mol. The van der Waals surface area contributed by atoms with Crippen LogP contribution in [-0.4, -0.2) is 55.5 Å². The number of amides is 1. The fourth-order valence-corrected chi connectivity index (χ4v) is 1.82. The predicted octanol–water partition coefficient (Wildman–Crippen LogP) is -2.95. The number of nitrogens with one attached hydrogen (secondary N) is 1. The van der Waals surface area contributed by atoms with Gasteiger partial charge in [0.1, 0.15) is 6.67 Å². The Bertz CT molecular complexity index is 470. The van der Waals surface area contributed by atoms with Crippen molar-refractivity contribution in [2.75, 3.05) is 12.9 Å². The summed E-state index contributed by atoms with van der Waals surface area (Å²) in [5.74, 6) is -3.08. The van der Waals surface area contributed by atoms with Crippen molar-refractivity contribution >= 4 is 27.6 Å². The highest BCUT2D eigenvalue weighted by Crippen LogP contribution is 2.04. The molecule has 0 saturated heterocycles. The number of carbonyl (C=O) groups is 2. The Kier molecular flexibility index (Phi) is 6.42. The monoisotopic (exact) mass is 294 g/mol. The van der Waals surface area contributed by atoms with E-state index in [2.05, 4.69) is 10.3 Å². The lowest BCUT2D eigenvalue weighted by Crippen LogP contribution is -2.39. The molecule has 1 amide bonds. The molecule has 0 saturated carbocycles. The van der Waals surface area contributed by atoms with Gasteiger partial charge in [0.05, 0.1) is 6.04 Å². The molecule has 19 heavy (non-hydrogen) atoms. The number of carboxylic acids is 1. The Morgan fingerprint density at radius 1 is 1.47 bits per heavy atom. The highest BCUT2D eigenvalue weighted by atomic mass is 32.2. The first-order valence-corrected chi connectivity index (χ1v) is 7.16. The summed E-state index contributed by atoms with van der Waals surface area (Å²) in [6, 6.07) is -0.770. The average Bonchev–Trinajstić information content (AvgIpc) is 2.23. The van der Waals surface area contributed by atoms with Gasteiger partial charge >= 0.3 is 5.97 Å². The van der Waals surface area contributed by atoms with E-state index in [0.29, 0.717) is 0 Å². The molecule has 0 radical (unpaired) electrons. The lowest BCUT2D eigenvalue weighted by molar-refractivity contribution is -0.219. The first-order chi connectivity index (χ1) is 8.55. The molecule has 0 spiro atoms. The van der Waals surface area contributed by atoms with Gasteiger partial charge in [0.25, 0.3) is 0 Å². The largest absolute Gasteiger partial charge is 0.862 e. The maximum Gasteiger partial charge on any atom is 0.322 e. The van der Waals surface area contributed by atoms with E-state index in [0.717, 1.165) is 6.26 Å². The van der Waals surface area contributed by atoms with Crippen LogP contribution in [0.5, 0.6) is 0 Å². The van der Waals surface area contributed by atoms with Crippen LogP contribution in [0.3, 0.4) is 0 Å². The lowest BCUT2D eigenvalue weighted by atomic mass is 10.3. The Morgan fingerprint density at radius 2 is 2.00 bits per heavy atom. The van der Waals surface area contributed by atoms with Crippen molar-refractivity contribution < 1.29 is 28.2 Å². The zero-order valence-corrected chi connectivity index (χ0v) is 11.3. The number of nitrogens with zero attached hydrogens (tertiary/aromatic N) is 1. The Labute approximate surface area is 110 Å². The third-order valence-corrected chi connectivity index (χ3v) is 3.48. The maximum absolute atomic E-state index is 11.3. The van der Waals surface area contributed by atoms with E-state index >= 15 is 0 Å². The van der Waals surface area contributed by atoms with E-state index in [1.54, 1.807) is 0 Å². The van der Waals surface area contributed by atoms with Gasteiger partial charge < -0.3 is 21.3 Å².